The van der Waals surface area contributed by atoms with Gasteiger partial charge in [-0.05, 0) is 61.6 Å². The Balaban J connectivity index is 1.42. The lowest BCUT2D eigenvalue weighted by molar-refractivity contribution is 0.162. The number of piperidine rings is 1. The number of likely N-dealkylation sites (tertiary alicyclic amines) is 1. The van der Waals surface area contributed by atoms with Crippen LogP contribution < -0.4 is 5.32 Å². The summed E-state index contributed by atoms with van der Waals surface area (Å²) in [5.41, 5.74) is 2.08. The molecule has 1 N–H and O–H groups in total. The van der Waals surface area contributed by atoms with Gasteiger partial charge in [-0.2, -0.15) is 0 Å². The second-order valence-corrected chi connectivity index (χ2v) is 8.09. The van der Waals surface area contributed by atoms with Crippen molar-refractivity contribution in [1.82, 2.24) is 4.90 Å². The molecule has 2 aliphatic rings. The molecule has 1 aliphatic heterocycles. The lowest BCUT2D eigenvalue weighted by atomic mass is 9.77. The fraction of sp³-hybridized carbons (Fsp3) is 0.667. The van der Waals surface area contributed by atoms with Crippen LogP contribution in [-0.4, -0.2) is 24.0 Å². The molecule has 0 aromatic heterocycles. The molecule has 1 aromatic carbocycles. The first-order valence-corrected chi connectivity index (χ1v) is 9.72. The van der Waals surface area contributed by atoms with Crippen molar-refractivity contribution in [2.75, 3.05) is 18.4 Å². The monoisotopic (exact) mass is 328 g/mol. The summed E-state index contributed by atoms with van der Waals surface area (Å²) in [6.45, 7) is 6.26. The Morgan fingerprint density at radius 2 is 1.75 bits per heavy atom. The molecule has 0 bridgehead atoms. The Hall–Kier alpha value is -1.51. The van der Waals surface area contributed by atoms with E-state index in [2.05, 4.69) is 12.2 Å². The number of nitrogens with zero attached hydrogens (tertiary/aromatic N) is 1. The van der Waals surface area contributed by atoms with E-state index in [1.54, 1.807) is 0 Å². The highest BCUT2D eigenvalue weighted by atomic mass is 16.2. The Kier molecular flexibility index (Phi) is 5.80. The second-order valence-electron chi connectivity index (χ2n) is 8.09. The van der Waals surface area contributed by atoms with Crippen molar-refractivity contribution in [1.29, 1.82) is 0 Å². The zero-order valence-corrected chi connectivity index (χ0v) is 15.3. The van der Waals surface area contributed by atoms with E-state index in [1.807, 2.05) is 36.1 Å². The van der Waals surface area contributed by atoms with E-state index in [0.717, 1.165) is 36.5 Å². The molecule has 1 saturated carbocycles. The van der Waals surface area contributed by atoms with Gasteiger partial charge in [-0.3, -0.25) is 0 Å². The van der Waals surface area contributed by atoms with E-state index in [4.69, 9.17) is 0 Å². The normalized spacial score (nSPS) is 25.5. The van der Waals surface area contributed by atoms with Crippen LogP contribution in [0.15, 0.2) is 24.3 Å². The fourth-order valence-corrected chi connectivity index (χ4v) is 4.33. The minimum absolute atomic E-state index is 0.0607. The summed E-state index contributed by atoms with van der Waals surface area (Å²) in [7, 11) is 0. The Labute approximate surface area is 146 Å². The van der Waals surface area contributed by atoms with Crippen LogP contribution in [-0.2, 0) is 0 Å². The average Bonchev–Trinajstić information content (AvgIpc) is 2.57. The number of carbonyl (C=O) groups excluding carboxylic acids is 1. The van der Waals surface area contributed by atoms with Gasteiger partial charge in [-0.25, -0.2) is 4.79 Å². The minimum atomic E-state index is 0.0607. The maximum atomic E-state index is 12.4. The molecule has 0 radical (unpaired) electrons. The summed E-state index contributed by atoms with van der Waals surface area (Å²) < 4.78 is 0. The molecule has 3 rings (SSSR count). The molecular weight excluding hydrogens is 296 g/mol. The van der Waals surface area contributed by atoms with Crippen molar-refractivity contribution >= 4 is 11.7 Å². The van der Waals surface area contributed by atoms with Crippen LogP contribution >= 0.6 is 0 Å². The van der Waals surface area contributed by atoms with Gasteiger partial charge in [0.15, 0.2) is 0 Å². The lowest BCUT2D eigenvalue weighted by Crippen LogP contribution is -2.41. The molecular formula is C21H32N2O. The lowest BCUT2D eigenvalue weighted by Gasteiger charge is -2.35. The van der Waals surface area contributed by atoms with E-state index in [0.29, 0.717) is 0 Å². The summed E-state index contributed by atoms with van der Waals surface area (Å²) in [6, 6.07) is 8.08. The highest BCUT2D eigenvalue weighted by Gasteiger charge is 2.26. The van der Waals surface area contributed by atoms with Gasteiger partial charge in [0, 0.05) is 18.8 Å². The van der Waals surface area contributed by atoms with E-state index in [-0.39, 0.29) is 6.03 Å². The van der Waals surface area contributed by atoms with Crippen molar-refractivity contribution in [3.05, 3.63) is 29.8 Å². The number of anilines is 1. The van der Waals surface area contributed by atoms with Gasteiger partial charge in [-0.1, -0.05) is 44.7 Å². The van der Waals surface area contributed by atoms with Gasteiger partial charge in [0.1, 0.15) is 0 Å². The molecule has 2 fully saturated rings. The van der Waals surface area contributed by atoms with Crippen molar-refractivity contribution in [3.8, 4) is 0 Å². The molecule has 0 atom stereocenters. The summed E-state index contributed by atoms with van der Waals surface area (Å²) >= 11 is 0. The van der Waals surface area contributed by atoms with Gasteiger partial charge in [-0.15, -0.1) is 0 Å². The topological polar surface area (TPSA) is 32.3 Å². The van der Waals surface area contributed by atoms with Crippen LogP contribution in [0.4, 0.5) is 10.5 Å². The van der Waals surface area contributed by atoms with Crippen LogP contribution in [0.5, 0.6) is 0 Å². The zero-order valence-electron chi connectivity index (χ0n) is 15.3. The van der Waals surface area contributed by atoms with E-state index in [9.17, 15) is 4.79 Å². The third kappa shape index (κ3) is 4.75. The Bertz CT molecular complexity index is 541. The Morgan fingerprint density at radius 3 is 2.42 bits per heavy atom. The molecule has 1 aliphatic carbocycles. The number of hydrogen-bond donors (Lipinski definition) is 1. The van der Waals surface area contributed by atoms with Gasteiger partial charge in [0.2, 0.25) is 0 Å². The van der Waals surface area contributed by atoms with Crippen LogP contribution in [0.1, 0.15) is 57.4 Å². The van der Waals surface area contributed by atoms with Gasteiger partial charge < -0.3 is 10.2 Å². The number of hydrogen-bond acceptors (Lipinski definition) is 1. The molecule has 3 nitrogen and oxygen atoms in total. The average molecular weight is 329 g/mol. The van der Waals surface area contributed by atoms with Gasteiger partial charge >= 0.3 is 6.03 Å². The minimum Gasteiger partial charge on any atom is -0.325 e. The molecule has 1 aromatic rings. The molecule has 2 amide bonds. The molecule has 3 heteroatoms. The molecule has 1 saturated heterocycles. The van der Waals surface area contributed by atoms with Crippen molar-refractivity contribution in [2.24, 2.45) is 17.8 Å². The maximum Gasteiger partial charge on any atom is 0.321 e. The van der Waals surface area contributed by atoms with Crippen LogP contribution in [0, 0.1) is 24.7 Å². The zero-order chi connectivity index (χ0) is 16.9. The first kappa shape index (κ1) is 17.3. The van der Waals surface area contributed by atoms with E-state index < -0.39 is 0 Å². The molecule has 1 heterocycles. The standard InChI is InChI=1S/C21H32N2O/c1-16-6-8-18(9-7-16)15-19-10-12-23(13-11-19)21(24)22-20-5-3-4-17(2)14-20/h3-5,14,16,18-19H,6-13,15H2,1-2H3,(H,22,24). The van der Waals surface area contributed by atoms with Gasteiger partial charge in [0.25, 0.3) is 0 Å². The van der Waals surface area contributed by atoms with E-state index in [1.165, 1.54) is 50.5 Å². The number of benzene rings is 1. The molecule has 0 unspecified atom stereocenters. The summed E-state index contributed by atoms with van der Waals surface area (Å²) in [6.07, 6.45) is 9.43. The fourth-order valence-electron chi connectivity index (χ4n) is 4.33. The summed E-state index contributed by atoms with van der Waals surface area (Å²) in [4.78, 5) is 14.4. The van der Waals surface area contributed by atoms with Crippen LogP contribution in [0.2, 0.25) is 0 Å². The first-order valence-electron chi connectivity index (χ1n) is 9.72. The number of carbonyl (C=O) groups is 1. The first-order chi connectivity index (χ1) is 11.6. The van der Waals surface area contributed by atoms with E-state index >= 15 is 0 Å². The predicted octanol–water partition coefficient (Wildman–Crippen LogP) is 5.46. The number of aryl methyl sites for hydroxylation is 1. The maximum absolute atomic E-state index is 12.4. The van der Waals surface area contributed by atoms with Gasteiger partial charge in [0.05, 0.1) is 0 Å². The van der Waals surface area contributed by atoms with Crippen molar-refractivity contribution in [3.63, 3.8) is 0 Å². The summed E-state index contributed by atoms with van der Waals surface area (Å²) in [5, 5.41) is 3.04. The highest BCUT2D eigenvalue weighted by molar-refractivity contribution is 5.89. The SMILES string of the molecule is Cc1cccc(NC(=O)N2CCC(CC3CCC(C)CC3)CC2)c1. The van der Waals surface area contributed by atoms with Crippen molar-refractivity contribution in [2.45, 2.75) is 58.8 Å². The number of nitrogens with one attached hydrogen (secondary N) is 1. The number of urea groups is 1. The predicted molar refractivity (Wildman–Crippen MR) is 100 cm³/mol. The third-order valence-corrected chi connectivity index (χ3v) is 5.97. The largest absolute Gasteiger partial charge is 0.325 e. The molecule has 0 spiro atoms. The highest BCUT2D eigenvalue weighted by Crippen LogP contribution is 2.35. The molecule has 24 heavy (non-hydrogen) atoms. The molecule has 132 valence electrons. The smallest absolute Gasteiger partial charge is 0.321 e. The summed E-state index contributed by atoms with van der Waals surface area (Å²) in [5.74, 6) is 2.71. The Morgan fingerprint density at radius 1 is 1.08 bits per heavy atom. The second kappa shape index (κ2) is 8.04. The third-order valence-electron chi connectivity index (χ3n) is 5.97. The van der Waals surface area contributed by atoms with Crippen LogP contribution in [0.3, 0.4) is 0 Å². The number of rotatable bonds is 3. The van der Waals surface area contributed by atoms with Crippen molar-refractivity contribution < 1.29 is 4.79 Å². The quantitative estimate of drug-likeness (QED) is 0.785. The number of amides is 2. The van der Waals surface area contributed by atoms with Crippen LogP contribution in [0.25, 0.3) is 0 Å².